The third-order valence-corrected chi connectivity index (χ3v) is 3.07. The van der Waals surface area contributed by atoms with Gasteiger partial charge in [-0.15, -0.1) is 0 Å². The van der Waals surface area contributed by atoms with E-state index in [0.29, 0.717) is 0 Å². The van der Waals surface area contributed by atoms with Crippen LogP contribution in [-0.2, 0) is 5.41 Å². The molecule has 2 aromatic rings. The Kier molecular flexibility index (Phi) is 3.18. The lowest BCUT2D eigenvalue weighted by atomic mass is 9.85. The Hall–Kier alpha value is -2.10. The molecule has 0 saturated heterocycles. The second-order valence-corrected chi connectivity index (χ2v) is 5.49. The molecule has 2 rings (SSSR count). The lowest BCUT2D eigenvalue weighted by Gasteiger charge is -2.24. The van der Waals surface area contributed by atoms with Gasteiger partial charge in [0.25, 0.3) is 10.9 Å². The van der Waals surface area contributed by atoms with E-state index in [1.807, 2.05) is 24.3 Å². The molecule has 2 aromatic carbocycles. The SMILES string of the molecule is COc1c(Nc2ccccc2C(C)(C)C)c(=O)c1=O. The Balaban J connectivity index is 2.43. The lowest BCUT2D eigenvalue weighted by molar-refractivity contribution is 0.408. The van der Waals surface area contributed by atoms with E-state index in [1.54, 1.807) is 0 Å². The molecule has 0 amide bonds. The molecule has 0 spiro atoms. The molecular formula is C15H17NO3. The Labute approximate surface area is 111 Å². The van der Waals surface area contributed by atoms with Crippen molar-refractivity contribution in [3.63, 3.8) is 0 Å². The lowest BCUT2D eigenvalue weighted by Crippen LogP contribution is -2.34. The molecule has 0 atom stereocenters. The molecule has 4 nitrogen and oxygen atoms in total. The first kappa shape index (κ1) is 13.3. The number of methoxy groups -OCH3 is 1. The molecule has 1 N–H and O–H groups in total. The van der Waals surface area contributed by atoms with Crippen molar-refractivity contribution in [3.8, 4) is 5.75 Å². The minimum atomic E-state index is -0.571. The van der Waals surface area contributed by atoms with Crippen LogP contribution in [0, 0.1) is 0 Å². The van der Waals surface area contributed by atoms with Crippen LogP contribution in [0.2, 0.25) is 0 Å². The normalized spacial score (nSPS) is 11.6. The van der Waals surface area contributed by atoms with Gasteiger partial charge in [0.1, 0.15) is 5.69 Å². The van der Waals surface area contributed by atoms with E-state index in [9.17, 15) is 9.59 Å². The molecule has 0 unspecified atom stereocenters. The van der Waals surface area contributed by atoms with Crippen molar-refractivity contribution in [1.82, 2.24) is 0 Å². The van der Waals surface area contributed by atoms with Crippen molar-refractivity contribution >= 4 is 11.4 Å². The maximum atomic E-state index is 11.5. The van der Waals surface area contributed by atoms with Gasteiger partial charge in [0, 0.05) is 5.69 Å². The van der Waals surface area contributed by atoms with Crippen molar-refractivity contribution in [2.24, 2.45) is 0 Å². The van der Waals surface area contributed by atoms with E-state index in [0.717, 1.165) is 11.3 Å². The molecule has 4 heteroatoms. The fraction of sp³-hybridized carbons (Fsp3) is 0.333. The molecule has 0 aliphatic rings. The fourth-order valence-corrected chi connectivity index (χ4v) is 2.06. The van der Waals surface area contributed by atoms with Crippen LogP contribution in [0.5, 0.6) is 5.75 Å². The molecule has 0 fully saturated rings. The third-order valence-electron chi connectivity index (χ3n) is 3.07. The molecule has 0 heterocycles. The Morgan fingerprint density at radius 1 is 1.05 bits per heavy atom. The monoisotopic (exact) mass is 259 g/mol. The highest BCUT2D eigenvalue weighted by atomic mass is 16.5. The molecule has 100 valence electrons. The van der Waals surface area contributed by atoms with E-state index < -0.39 is 10.9 Å². The van der Waals surface area contributed by atoms with Crippen LogP contribution in [-0.4, -0.2) is 7.11 Å². The minimum absolute atomic E-state index is 0.0613. The first-order valence-electron chi connectivity index (χ1n) is 6.10. The summed E-state index contributed by atoms with van der Waals surface area (Å²) in [5.41, 5.74) is 0.974. The van der Waals surface area contributed by atoms with Crippen molar-refractivity contribution in [3.05, 3.63) is 50.3 Å². The average molecular weight is 259 g/mol. The maximum absolute atomic E-state index is 11.5. The highest BCUT2D eigenvalue weighted by Gasteiger charge is 2.24. The number of rotatable bonds is 3. The van der Waals surface area contributed by atoms with E-state index in [-0.39, 0.29) is 16.9 Å². The number of hydrogen-bond donors (Lipinski definition) is 1. The van der Waals surface area contributed by atoms with Gasteiger partial charge in [0.15, 0.2) is 5.75 Å². The maximum Gasteiger partial charge on any atom is 0.272 e. The van der Waals surface area contributed by atoms with Crippen molar-refractivity contribution in [2.45, 2.75) is 26.2 Å². The third kappa shape index (κ3) is 2.26. The molecule has 0 bridgehead atoms. The van der Waals surface area contributed by atoms with Gasteiger partial charge in [-0.05, 0) is 17.0 Å². The molecule has 0 aliphatic heterocycles. The van der Waals surface area contributed by atoms with Crippen LogP contribution in [0.1, 0.15) is 26.3 Å². The standard InChI is InChI=1S/C15H17NO3/c1-15(2,3)9-7-5-6-8-10(9)16-11-12(17)13(18)14(11)19-4/h5-8,16H,1-4H3. The van der Waals surface area contributed by atoms with E-state index in [2.05, 4.69) is 26.1 Å². The van der Waals surface area contributed by atoms with Crippen molar-refractivity contribution in [2.75, 3.05) is 12.4 Å². The highest BCUT2D eigenvalue weighted by molar-refractivity contribution is 5.72. The number of ether oxygens (including phenoxy) is 1. The van der Waals surface area contributed by atoms with Crippen LogP contribution in [0.25, 0.3) is 0 Å². The molecule has 0 aromatic heterocycles. The quantitative estimate of drug-likeness (QED) is 0.859. The molecule has 0 saturated carbocycles. The molecule has 0 radical (unpaired) electrons. The number of hydrogen-bond acceptors (Lipinski definition) is 4. The highest BCUT2D eigenvalue weighted by Crippen LogP contribution is 2.32. The average Bonchev–Trinajstić information content (AvgIpc) is 2.37. The smallest absolute Gasteiger partial charge is 0.272 e. The first-order chi connectivity index (χ1) is 8.86. The van der Waals surface area contributed by atoms with E-state index >= 15 is 0 Å². The summed E-state index contributed by atoms with van der Waals surface area (Å²) >= 11 is 0. The topological polar surface area (TPSA) is 55.4 Å². The van der Waals surface area contributed by atoms with Gasteiger partial charge in [-0.25, -0.2) is 0 Å². The number of benzene rings is 1. The molecule has 19 heavy (non-hydrogen) atoms. The van der Waals surface area contributed by atoms with Gasteiger partial charge in [-0.2, -0.15) is 0 Å². The van der Waals surface area contributed by atoms with E-state index in [1.165, 1.54) is 7.11 Å². The van der Waals surface area contributed by atoms with Gasteiger partial charge >= 0.3 is 0 Å². The van der Waals surface area contributed by atoms with Crippen LogP contribution in [0.3, 0.4) is 0 Å². The largest absolute Gasteiger partial charge is 0.491 e. The summed E-state index contributed by atoms with van der Waals surface area (Å²) in [6.45, 7) is 6.27. The predicted octanol–water partition coefficient (Wildman–Crippen LogP) is 2.33. The van der Waals surface area contributed by atoms with Crippen LogP contribution in [0.4, 0.5) is 11.4 Å². The van der Waals surface area contributed by atoms with Gasteiger partial charge in [-0.3, -0.25) is 9.59 Å². The number of para-hydroxylation sites is 1. The van der Waals surface area contributed by atoms with Crippen molar-refractivity contribution in [1.29, 1.82) is 0 Å². The predicted molar refractivity (Wildman–Crippen MR) is 76.3 cm³/mol. The van der Waals surface area contributed by atoms with Crippen LogP contribution < -0.4 is 20.9 Å². The van der Waals surface area contributed by atoms with Gasteiger partial charge in [0.2, 0.25) is 0 Å². The summed E-state index contributed by atoms with van der Waals surface area (Å²) in [5, 5.41) is 3.02. The van der Waals surface area contributed by atoms with Crippen LogP contribution in [0.15, 0.2) is 33.9 Å². The summed E-state index contributed by atoms with van der Waals surface area (Å²) in [7, 11) is 1.39. The second kappa shape index (κ2) is 4.53. The fourth-order valence-electron chi connectivity index (χ4n) is 2.06. The summed E-state index contributed by atoms with van der Waals surface area (Å²) in [6, 6.07) is 7.72. The number of nitrogens with one attached hydrogen (secondary N) is 1. The Morgan fingerprint density at radius 2 is 1.68 bits per heavy atom. The zero-order valence-corrected chi connectivity index (χ0v) is 11.5. The second-order valence-electron chi connectivity index (χ2n) is 5.49. The zero-order valence-electron chi connectivity index (χ0n) is 11.5. The summed E-state index contributed by atoms with van der Waals surface area (Å²) in [5.74, 6) is 0.105. The summed E-state index contributed by atoms with van der Waals surface area (Å²) in [4.78, 5) is 22.8. The van der Waals surface area contributed by atoms with Gasteiger partial charge in [-0.1, -0.05) is 39.0 Å². The Morgan fingerprint density at radius 3 is 2.26 bits per heavy atom. The van der Waals surface area contributed by atoms with Gasteiger partial charge in [0.05, 0.1) is 7.11 Å². The molecule has 0 aliphatic carbocycles. The molecular weight excluding hydrogens is 242 g/mol. The van der Waals surface area contributed by atoms with Gasteiger partial charge < -0.3 is 10.1 Å². The summed E-state index contributed by atoms with van der Waals surface area (Å²) < 4.78 is 4.93. The van der Waals surface area contributed by atoms with Crippen molar-refractivity contribution < 1.29 is 4.74 Å². The Bertz CT molecular complexity index is 673. The number of anilines is 2. The zero-order chi connectivity index (χ0) is 14.2. The first-order valence-corrected chi connectivity index (χ1v) is 6.10. The summed E-state index contributed by atoms with van der Waals surface area (Å²) in [6.07, 6.45) is 0. The van der Waals surface area contributed by atoms with E-state index in [4.69, 9.17) is 4.74 Å². The van der Waals surface area contributed by atoms with Crippen LogP contribution >= 0.6 is 0 Å². The minimum Gasteiger partial charge on any atom is -0.491 e.